The van der Waals surface area contributed by atoms with Crippen molar-refractivity contribution in [2.45, 2.75) is 6.92 Å². The molecule has 114 valence electrons. The largest absolute Gasteiger partial charge is 0.248 e. The second-order valence-corrected chi connectivity index (χ2v) is 7.14. The predicted molar refractivity (Wildman–Crippen MR) is 103 cm³/mol. The van der Waals surface area contributed by atoms with Crippen LogP contribution in [-0.4, -0.2) is 9.97 Å². The van der Waals surface area contributed by atoms with Gasteiger partial charge in [0.15, 0.2) is 0 Å². The molecule has 0 fully saturated rings. The lowest BCUT2D eigenvalue weighted by atomic mass is 9.95. The minimum atomic E-state index is 1.00. The van der Waals surface area contributed by atoms with Crippen LogP contribution in [0.3, 0.4) is 0 Å². The maximum Gasteiger partial charge on any atom is 0.0915 e. The Morgan fingerprint density at radius 2 is 1.54 bits per heavy atom. The van der Waals surface area contributed by atoms with Gasteiger partial charge in [-0.05, 0) is 30.7 Å². The molecule has 0 aliphatic rings. The van der Waals surface area contributed by atoms with Crippen LogP contribution in [0.4, 0.5) is 0 Å². The summed E-state index contributed by atoms with van der Waals surface area (Å²) in [6, 6.07) is 23.2. The standard InChI is InChI=1S/C21H14N2S/c1-13-22-21-18(24-13)12-11-17-20(21)19(14-7-3-2-4-8-14)15-9-5-6-10-16(15)23-17/h2-12H,1H3. The fourth-order valence-electron chi connectivity index (χ4n) is 3.39. The minimum Gasteiger partial charge on any atom is -0.248 e. The molecule has 2 heterocycles. The number of pyridine rings is 1. The molecule has 3 heteroatoms. The monoisotopic (exact) mass is 326 g/mol. The summed E-state index contributed by atoms with van der Waals surface area (Å²) >= 11 is 1.74. The van der Waals surface area contributed by atoms with E-state index in [1.165, 1.54) is 21.2 Å². The Labute approximate surface area is 143 Å². The van der Waals surface area contributed by atoms with E-state index in [9.17, 15) is 0 Å². The topological polar surface area (TPSA) is 25.8 Å². The first kappa shape index (κ1) is 13.6. The van der Waals surface area contributed by atoms with Crippen LogP contribution in [0.5, 0.6) is 0 Å². The van der Waals surface area contributed by atoms with Gasteiger partial charge in [-0.15, -0.1) is 11.3 Å². The summed E-state index contributed by atoms with van der Waals surface area (Å²) in [6.07, 6.45) is 0. The SMILES string of the molecule is Cc1nc2c(ccc3nc4ccccc4c(-c4ccccc4)c32)s1. The van der Waals surface area contributed by atoms with E-state index < -0.39 is 0 Å². The third-order valence-electron chi connectivity index (χ3n) is 4.37. The number of aryl methyl sites for hydroxylation is 1. The van der Waals surface area contributed by atoms with Gasteiger partial charge in [0, 0.05) is 16.3 Å². The Bertz CT molecular complexity index is 1210. The first-order valence-corrected chi connectivity index (χ1v) is 8.77. The van der Waals surface area contributed by atoms with E-state index >= 15 is 0 Å². The number of hydrogen-bond donors (Lipinski definition) is 0. The lowest BCUT2D eigenvalue weighted by Gasteiger charge is -2.11. The van der Waals surface area contributed by atoms with Crippen LogP contribution in [0.2, 0.25) is 0 Å². The van der Waals surface area contributed by atoms with Crippen LogP contribution in [0.25, 0.3) is 43.1 Å². The van der Waals surface area contributed by atoms with Crippen LogP contribution < -0.4 is 0 Å². The molecule has 24 heavy (non-hydrogen) atoms. The Hall–Kier alpha value is -2.78. The average molecular weight is 326 g/mol. The van der Waals surface area contributed by atoms with Crippen LogP contribution >= 0.6 is 11.3 Å². The first-order chi connectivity index (χ1) is 11.8. The molecule has 0 saturated carbocycles. The van der Waals surface area contributed by atoms with E-state index in [2.05, 4.69) is 67.6 Å². The van der Waals surface area contributed by atoms with Gasteiger partial charge in [0.05, 0.1) is 26.3 Å². The molecule has 3 aromatic carbocycles. The van der Waals surface area contributed by atoms with E-state index in [4.69, 9.17) is 9.97 Å². The van der Waals surface area contributed by atoms with Crippen LogP contribution in [0, 0.1) is 6.92 Å². The Morgan fingerprint density at radius 3 is 2.42 bits per heavy atom. The summed E-state index contributed by atoms with van der Waals surface area (Å²) in [4.78, 5) is 9.70. The van der Waals surface area contributed by atoms with E-state index in [-0.39, 0.29) is 0 Å². The van der Waals surface area contributed by atoms with E-state index in [0.29, 0.717) is 0 Å². The number of rotatable bonds is 1. The molecule has 0 aliphatic carbocycles. The fourth-order valence-corrected chi connectivity index (χ4v) is 4.22. The first-order valence-electron chi connectivity index (χ1n) is 7.95. The maximum atomic E-state index is 4.89. The third kappa shape index (κ3) is 1.95. The Kier molecular flexibility index (Phi) is 2.91. The number of nitrogens with zero attached hydrogens (tertiary/aromatic N) is 2. The smallest absolute Gasteiger partial charge is 0.0915 e. The van der Waals surface area contributed by atoms with Crippen LogP contribution in [0.1, 0.15) is 5.01 Å². The quantitative estimate of drug-likeness (QED) is 0.354. The van der Waals surface area contributed by atoms with Crippen molar-refractivity contribution in [3.05, 3.63) is 71.7 Å². The van der Waals surface area contributed by atoms with Gasteiger partial charge in [-0.2, -0.15) is 0 Å². The molecule has 0 N–H and O–H groups in total. The van der Waals surface area contributed by atoms with E-state index in [1.54, 1.807) is 11.3 Å². The van der Waals surface area contributed by atoms with Crippen molar-refractivity contribution in [2.75, 3.05) is 0 Å². The highest BCUT2D eigenvalue weighted by atomic mass is 32.1. The van der Waals surface area contributed by atoms with Gasteiger partial charge >= 0.3 is 0 Å². The van der Waals surface area contributed by atoms with Gasteiger partial charge in [0.2, 0.25) is 0 Å². The van der Waals surface area contributed by atoms with Gasteiger partial charge in [-0.3, -0.25) is 0 Å². The summed E-state index contributed by atoms with van der Waals surface area (Å²) in [7, 11) is 0. The zero-order valence-corrected chi connectivity index (χ0v) is 14.0. The normalized spacial score (nSPS) is 11.5. The molecule has 0 unspecified atom stereocenters. The van der Waals surface area contributed by atoms with Crippen molar-refractivity contribution in [2.24, 2.45) is 0 Å². The highest BCUT2D eigenvalue weighted by Gasteiger charge is 2.15. The maximum absolute atomic E-state index is 4.89. The molecular formula is C21H14N2S. The van der Waals surface area contributed by atoms with Crippen molar-refractivity contribution in [3.63, 3.8) is 0 Å². The highest BCUT2D eigenvalue weighted by Crippen LogP contribution is 2.39. The van der Waals surface area contributed by atoms with Crippen molar-refractivity contribution < 1.29 is 0 Å². The molecule has 0 radical (unpaired) electrons. The lowest BCUT2D eigenvalue weighted by Crippen LogP contribution is -1.90. The lowest BCUT2D eigenvalue weighted by molar-refractivity contribution is 1.35. The van der Waals surface area contributed by atoms with E-state index in [1.807, 2.05) is 6.07 Å². The molecule has 0 atom stereocenters. The molecular weight excluding hydrogens is 312 g/mol. The highest BCUT2D eigenvalue weighted by molar-refractivity contribution is 7.18. The zero-order chi connectivity index (χ0) is 16.1. The number of thiazole rings is 1. The number of fused-ring (bicyclic) bond motifs is 4. The second kappa shape index (κ2) is 5.11. The summed E-state index contributed by atoms with van der Waals surface area (Å²) < 4.78 is 1.22. The molecule has 0 spiro atoms. The summed E-state index contributed by atoms with van der Waals surface area (Å²) in [6.45, 7) is 2.06. The van der Waals surface area contributed by atoms with E-state index in [0.717, 1.165) is 26.9 Å². The molecule has 0 aliphatic heterocycles. The van der Waals surface area contributed by atoms with Gasteiger partial charge < -0.3 is 0 Å². The number of aromatic nitrogens is 2. The molecule has 0 bridgehead atoms. The predicted octanol–water partition coefficient (Wildman–Crippen LogP) is 5.97. The average Bonchev–Trinajstić information content (AvgIpc) is 3.01. The second-order valence-electron chi connectivity index (χ2n) is 5.91. The Balaban J connectivity index is 2.09. The molecule has 0 amide bonds. The summed E-state index contributed by atoms with van der Waals surface area (Å²) in [5.41, 5.74) is 5.53. The van der Waals surface area contributed by atoms with Gasteiger partial charge in [-0.25, -0.2) is 9.97 Å². The van der Waals surface area contributed by atoms with Crippen molar-refractivity contribution >= 4 is 43.4 Å². The fraction of sp³-hybridized carbons (Fsp3) is 0.0476. The van der Waals surface area contributed by atoms with Crippen molar-refractivity contribution in [1.82, 2.24) is 9.97 Å². The molecule has 2 aromatic heterocycles. The summed E-state index contributed by atoms with van der Waals surface area (Å²) in [5, 5.41) is 3.42. The van der Waals surface area contributed by atoms with Gasteiger partial charge in [0.25, 0.3) is 0 Å². The van der Waals surface area contributed by atoms with Crippen LogP contribution in [-0.2, 0) is 0 Å². The van der Waals surface area contributed by atoms with Gasteiger partial charge in [0.1, 0.15) is 0 Å². The molecule has 5 aromatic rings. The molecule has 2 nitrogen and oxygen atoms in total. The number of benzene rings is 3. The molecule has 5 rings (SSSR count). The summed E-state index contributed by atoms with van der Waals surface area (Å²) in [5.74, 6) is 0. The van der Waals surface area contributed by atoms with Crippen LogP contribution in [0.15, 0.2) is 66.7 Å². The zero-order valence-electron chi connectivity index (χ0n) is 13.2. The number of hydrogen-bond acceptors (Lipinski definition) is 3. The third-order valence-corrected chi connectivity index (χ3v) is 5.31. The minimum absolute atomic E-state index is 1.00. The van der Waals surface area contributed by atoms with Gasteiger partial charge in [-0.1, -0.05) is 48.5 Å². The van der Waals surface area contributed by atoms with Crippen molar-refractivity contribution in [3.8, 4) is 11.1 Å². The Morgan fingerprint density at radius 1 is 0.750 bits per heavy atom. The van der Waals surface area contributed by atoms with Crippen molar-refractivity contribution in [1.29, 1.82) is 0 Å². The molecule has 0 saturated heterocycles. The number of para-hydroxylation sites is 1.